The van der Waals surface area contributed by atoms with Crippen LogP contribution in [-0.4, -0.2) is 15.5 Å². The second kappa shape index (κ2) is 5.09. The van der Waals surface area contributed by atoms with Crippen LogP contribution >= 0.6 is 11.6 Å². The number of hydrogen-bond acceptors (Lipinski definition) is 2. The molecule has 1 heterocycles. The standard InChI is InChI=1S/C13H18ClNOS/c1-8(2)15-12-6-9(3)17(16)13-5-4-10(14)7-11(12)13/h4-5,7-9,12,15H,6H2,1-3H3. The molecule has 4 heteroatoms. The zero-order chi connectivity index (χ0) is 12.6. The minimum atomic E-state index is -0.902. The van der Waals surface area contributed by atoms with E-state index in [4.69, 9.17) is 11.6 Å². The first-order valence-corrected chi connectivity index (χ1v) is 7.54. The van der Waals surface area contributed by atoms with Gasteiger partial charge in [0.25, 0.3) is 0 Å². The quantitative estimate of drug-likeness (QED) is 0.894. The molecule has 0 saturated heterocycles. The van der Waals surface area contributed by atoms with Crippen LogP contribution in [-0.2, 0) is 10.8 Å². The van der Waals surface area contributed by atoms with Crippen LogP contribution in [0.2, 0.25) is 5.02 Å². The van der Waals surface area contributed by atoms with Crippen LogP contribution in [0.1, 0.15) is 38.8 Å². The molecule has 1 N–H and O–H groups in total. The fourth-order valence-corrected chi connectivity index (χ4v) is 3.92. The summed E-state index contributed by atoms with van der Waals surface area (Å²) in [6, 6.07) is 6.34. The Bertz CT molecular complexity index is 447. The van der Waals surface area contributed by atoms with Gasteiger partial charge in [0.2, 0.25) is 0 Å². The molecule has 0 fully saturated rings. The molecular formula is C13H18ClNOS. The third kappa shape index (κ3) is 2.72. The van der Waals surface area contributed by atoms with Gasteiger partial charge in [-0.05, 0) is 30.2 Å². The molecule has 1 aliphatic heterocycles. The SMILES string of the molecule is CC(C)NC1CC(C)S(=O)c2ccc(Cl)cc21. The highest BCUT2D eigenvalue weighted by Crippen LogP contribution is 2.35. The molecule has 1 aromatic carbocycles. The van der Waals surface area contributed by atoms with Gasteiger partial charge < -0.3 is 5.32 Å². The first kappa shape index (κ1) is 13.1. The van der Waals surface area contributed by atoms with E-state index in [0.29, 0.717) is 11.1 Å². The molecule has 2 nitrogen and oxygen atoms in total. The summed E-state index contributed by atoms with van der Waals surface area (Å²) in [5.41, 5.74) is 1.10. The van der Waals surface area contributed by atoms with Gasteiger partial charge in [0.1, 0.15) is 0 Å². The third-order valence-electron chi connectivity index (χ3n) is 3.03. The van der Waals surface area contributed by atoms with E-state index in [1.807, 2.05) is 25.1 Å². The second-order valence-corrected chi connectivity index (χ2v) is 7.18. The molecule has 0 aliphatic carbocycles. The van der Waals surface area contributed by atoms with Crippen molar-refractivity contribution in [3.63, 3.8) is 0 Å². The number of fused-ring (bicyclic) bond motifs is 1. The van der Waals surface area contributed by atoms with Gasteiger partial charge in [-0.1, -0.05) is 32.4 Å². The van der Waals surface area contributed by atoms with E-state index in [-0.39, 0.29) is 11.3 Å². The van der Waals surface area contributed by atoms with E-state index in [1.165, 1.54) is 0 Å². The molecule has 1 aromatic rings. The van der Waals surface area contributed by atoms with Gasteiger partial charge in [0.15, 0.2) is 0 Å². The molecule has 0 saturated carbocycles. The van der Waals surface area contributed by atoms with Gasteiger partial charge in [-0.3, -0.25) is 4.21 Å². The zero-order valence-electron chi connectivity index (χ0n) is 10.4. The molecule has 0 spiro atoms. The molecule has 0 aromatic heterocycles. The summed E-state index contributed by atoms with van der Waals surface area (Å²) in [6.45, 7) is 6.30. The zero-order valence-corrected chi connectivity index (χ0v) is 11.9. The molecule has 94 valence electrons. The van der Waals surface area contributed by atoms with Crippen molar-refractivity contribution in [2.45, 2.75) is 49.4 Å². The Kier molecular flexibility index (Phi) is 3.91. The van der Waals surface area contributed by atoms with E-state index in [9.17, 15) is 4.21 Å². The third-order valence-corrected chi connectivity index (χ3v) is 5.00. The van der Waals surface area contributed by atoms with Crippen LogP contribution in [0.5, 0.6) is 0 Å². The Balaban J connectivity index is 2.42. The Morgan fingerprint density at radius 1 is 1.47 bits per heavy atom. The summed E-state index contributed by atoms with van der Waals surface area (Å²) in [7, 11) is -0.902. The fourth-order valence-electron chi connectivity index (χ4n) is 2.30. The van der Waals surface area contributed by atoms with E-state index in [0.717, 1.165) is 16.9 Å². The van der Waals surface area contributed by atoms with Gasteiger partial charge in [-0.25, -0.2) is 0 Å². The molecule has 3 atom stereocenters. The maximum atomic E-state index is 12.2. The lowest BCUT2D eigenvalue weighted by Gasteiger charge is -2.31. The van der Waals surface area contributed by atoms with Gasteiger partial charge in [0.05, 0.1) is 10.8 Å². The van der Waals surface area contributed by atoms with Crippen LogP contribution < -0.4 is 5.32 Å². The van der Waals surface area contributed by atoms with Crippen LogP contribution in [0.4, 0.5) is 0 Å². The van der Waals surface area contributed by atoms with Crippen LogP contribution in [0.15, 0.2) is 23.1 Å². The van der Waals surface area contributed by atoms with Crippen molar-refractivity contribution in [2.24, 2.45) is 0 Å². The monoisotopic (exact) mass is 271 g/mol. The minimum absolute atomic E-state index is 0.194. The van der Waals surface area contributed by atoms with E-state index in [2.05, 4.69) is 19.2 Å². The molecule has 0 amide bonds. The molecule has 0 radical (unpaired) electrons. The van der Waals surface area contributed by atoms with E-state index < -0.39 is 10.8 Å². The Hall–Kier alpha value is -0.380. The minimum Gasteiger partial charge on any atom is -0.308 e. The Labute approximate surface area is 110 Å². The summed E-state index contributed by atoms with van der Waals surface area (Å²) in [6.07, 6.45) is 0.901. The lowest BCUT2D eigenvalue weighted by atomic mass is 10.0. The highest BCUT2D eigenvalue weighted by molar-refractivity contribution is 7.85. The summed E-state index contributed by atoms with van der Waals surface area (Å²) in [5, 5.41) is 4.43. The second-order valence-electron chi connectivity index (χ2n) is 4.90. The molecular weight excluding hydrogens is 254 g/mol. The normalized spacial score (nSPS) is 28.2. The smallest absolute Gasteiger partial charge is 0.0562 e. The summed E-state index contributed by atoms with van der Waals surface area (Å²) >= 11 is 6.04. The van der Waals surface area contributed by atoms with Gasteiger partial charge in [-0.2, -0.15) is 0 Å². The molecule has 0 bridgehead atoms. The van der Waals surface area contributed by atoms with Crippen molar-refractivity contribution in [3.05, 3.63) is 28.8 Å². The topological polar surface area (TPSA) is 29.1 Å². The lowest BCUT2D eigenvalue weighted by molar-refractivity contribution is 0.437. The van der Waals surface area contributed by atoms with Crippen LogP contribution in [0.25, 0.3) is 0 Å². The lowest BCUT2D eigenvalue weighted by Crippen LogP contribution is -2.35. The van der Waals surface area contributed by atoms with Gasteiger partial charge in [-0.15, -0.1) is 0 Å². The number of hydrogen-bond donors (Lipinski definition) is 1. The highest BCUT2D eigenvalue weighted by Gasteiger charge is 2.30. The maximum absolute atomic E-state index is 12.2. The van der Waals surface area contributed by atoms with Crippen molar-refractivity contribution in [1.82, 2.24) is 5.32 Å². The summed E-state index contributed by atoms with van der Waals surface area (Å²) in [4.78, 5) is 0.936. The van der Waals surface area contributed by atoms with Crippen molar-refractivity contribution in [2.75, 3.05) is 0 Å². The molecule has 17 heavy (non-hydrogen) atoms. The van der Waals surface area contributed by atoms with Crippen molar-refractivity contribution < 1.29 is 4.21 Å². The molecule has 3 unspecified atom stereocenters. The van der Waals surface area contributed by atoms with Crippen molar-refractivity contribution >= 4 is 22.4 Å². The summed E-state index contributed by atoms with van der Waals surface area (Å²) < 4.78 is 12.2. The highest BCUT2D eigenvalue weighted by atomic mass is 35.5. The van der Waals surface area contributed by atoms with Crippen LogP contribution in [0, 0.1) is 0 Å². The van der Waals surface area contributed by atoms with Gasteiger partial charge in [0, 0.05) is 27.3 Å². The predicted molar refractivity (Wildman–Crippen MR) is 73.0 cm³/mol. The first-order chi connectivity index (χ1) is 7.99. The van der Waals surface area contributed by atoms with E-state index in [1.54, 1.807) is 0 Å². The molecule has 1 aliphatic rings. The number of rotatable bonds is 2. The number of nitrogens with one attached hydrogen (secondary N) is 1. The molecule has 2 rings (SSSR count). The van der Waals surface area contributed by atoms with Gasteiger partial charge >= 0.3 is 0 Å². The average molecular weight is 272 g/mol. The maximum Gasteiger partial charge on any atom is 0.0562 e. The Morgan fingerprint density at radius 3 is 2.82 bits per heavy atom. The largest absolute Gasteiger partial charge is 0.308 e. The Morgan fingerprint density at radius 2 is 2.18 bits per heavy atom. The summed E-state index contributed by atoms with van der Waals surface area (Å²) in [5.74, 6) is 0. The number of halogens is 1. The predicted octanol–water partition coefficient (Wildman–Crippen LogP) is 3.28. The van der Waals surface area contributed by atoms with Crippen molar-refractivity contribution in [1.29, 1.82) is 0 Å². The van der Waals surface area contributed by atoms with Crippen molar-refractivity contribution in [3.8, 4) is 0 Å². The van der Waals surface area contributed by atoms with Crippen LogP contribution in [0.3, 0.4) is 0 Å². The fraction of sp³-hybridized carbons (Fsp3) is 0.538. The van der Waals surface area contributed by atoms with E-state index >= 15 is 0 Å². The average Bonchev–Trinajstić information content (AvgIpc) is 2.25. The number of benzene rings is 1. The first-order valence-electron chi connectivity index (χ1n) is 5.95.